The van der Waals surface area contributed by atoms with E-state index in [2.05, 4.69) is 17.2 Å². The molecule has 0 radical (unpaired) electrons. The van der Waals surface area contributed by atoms with Crippen LogP contribution >= 0.6 is 0 Å². The minimum absolute atomic E-state index is 0.183. The molecule has 5 heteroatoms. The Hall–Kier alpha value is -1.36. The first-order chi connectivity index (χ1) is 9.69. The van der Waals surface area contributed by atoms with Crippen molar-refractivity contribution in [1.82, 2.24) is 10.3 Å². The molecule has 1 heterocycles. The van der Waals surface area contributed by atoms with Gasteiger partial charge >= 0.3 is 0 Å². The van der Waals surface area contributed by atoms with Crippen molar-refractivity contribution in [3.63, 3.8) is 0 Å². The van der Waals surface area contributed by atoms with E-state index in [1.54, 1.807) is 0 Å². The molecular formula is C15H27N3O2. The van der Waals surface area contributed by atoms with Crippen LogP contribution in [0.3, 0.4) is 0 Å². The summed E-state index contributed by atoms with van der Waals surface area (Å²) in [6.07, 6.45) is 9.35. The summed E-state index contributed by atoms with van der Waals surface area (Å²) in [7, 11) is 0. The minimum Gasteiger partial charge on any atom is -0.446 e. The van der Waals surface area contributed by atoms with E-state index in [-0.39, 0.29) is 11.9 Å². The zero-order valence-electron chi connectivity index (χ0n) is 12.7. The molecule has 0 aliphatic rings. The quantitative estimate of drug-likeness (QED) is 0.645. The number of unbranched alkanes of at least 4 members (excludes halogenated alkanes) is 5. The van der Waals surface area contributed by atoms with Gasteiger partial charge in [0.05, 0.1) is 6.04 Å². The van der Waals surface area contributed by atoms with Gasteiger partial charge in [0.15, 0.2) is 5.69 Å². The van der Waals surface area contributed by atoms with E-state index in [4.69, 9.17) is 10.2 Å². The van der Waals surface area contributed by atoms with E-state index >= 15 is 0 Å². The second-order valence-corrected chi connectivity index (χ2v) is 5.11. The summed E-state index contributed by atoms with van der Waals surface area (Å²) in [5, 5.41) is 2.86. The number of nitrogens with two attached hydrogens (primary N) is 1. The monoisotopic (exact) mass is 281 g/mol. The topological polar surface area (TPSA) is 81.2 Å². The van der Waals surface area contributed by atoms with Gasteiger partial charge in [0.25, 0.3) is 5.91 Å². The van der Waals surface area contributed by atoms with Crippen LogP contribution in [0.15, 0.2) is 10.7 Å². The van der Waals surface area contributed by atoms with Crippen LogP contribution < -0.4 is 11.1 Å². The van der Waals surface area contributed by atoms with Crippen LogP contribution in [0.4, 0.5) is 0 Å². The van der Waals surface area contributed by atoms with Gasteiger partial charge in [-0.15, -0.1) is 0 Å². The molecule has 0 bridgehead atoms. The first-order valence-corrected chi connectivity index (χ1v) is 7.68. The molecule has 1 unspecified atom stereocenters. The Labute approximate surface area is 121 Å². The number of rotatable bonds is 10. The van der Waals surface area contributed by atoms with Gasteiger partial charge in [-0.1, -0.05) is 46.0 Å². The summed E-state index contributed by atoms with van der Waals surface area (Å²) in [5.74, 6) is 0.245. The molecule has 1 atom stereocenters. The van der Waals surface area contributed by atoms with Crippen molar-refractivity contribution in [1.29, 1.82) is 0 Å². The fourth-order valence-electron chi connectivity index (χ4n) is 1.93. The van der Waals surface area contributed by atoms with Crippen molar-refractivity contribution in [2.45, 2.75) is 64.8 Å². The molecular weight excluding hydrogens is 254 g/mol. The SMILES string of the molecule is CCCCCCCCNC(=O)c1coc(C(N)CC)n1. The molecule has 0 saturated heterocycles. The van der Waals surface area contributed by atoms with Gasteiger partial charge < -0.3 is 15.5 Å². The first-order valence-electron chi connectivity index (χ1n) is 7.68. The zero-order chi connectivity index (χ0) is 14.8. The molecule has 0 fully saturated rings. The average Bonchev–Trinajstić information content (AvgIpc) is 2.95. The summed E-state index contributed by atoms with van der Waals surface area (Å²) in [6.45, 7) is 4.84. The normalized spacial score (nSPS) is 12.3. The van der Waals surface area contributed by atoms with E-state index in [9.17, 15) is 4.79 Å². The number of hydrogen-bond donors (Lipinski definition) is 2. The van der Waals surface area contributed by atoms with Crippen molar-refractivity contribution >= 4 is 5.91 Å². The highest BCUT2D eigenvalue weighted by Crippen LogP contribution is 2.12. The van der Waals surface area contributed by atoms with Gasteiger partial charge in [-0.05, 0) is 12.8 Å². The van der Waals surface area contributed by atoms with Gasteiger partial charge in [-0.2, -0.15) is 0 Å². The van der Waals surface area contributed by atoms with Crippen molar-refractivity contribution < 1.29 is 9.21 Å². The highest BCUT2D eigenvalue weighted by molar-refractivity contribution is 5.91. The molecule has 0 aromatic carbocycles. The van der Waals surface area contributed by atoms with Gasteiger partial charge in [0, 0.05) is 6.54 Å². The molecule has 3 N–H and O–H groups in total. The Morgan fingerprint density at radius 3 is 2.70 bits per heavy atom. The summed E-state index contributed by atoms with van der Waals surface area (Å²) < 4.78 is 5.21. The number of oxazole rings is 1. The van der Waals surface area contributed by atoms with Crippen LogP contribution in [0.2, 0.25) is 0 Å². The predicted molar refractivity (Wildman–Crippen MR) is 79.4 cm³/mol. The number of nitrogens with zero attached hydrogens (tertiary/aromatic N) is 1. The lowest BCUT2D eigenvalue weighted by Gasteiger charge is -2.03. The standard InChI is InChI=1S/C15H27N3O2/c1-3-5-6-7-8-9-10-17-14(19)13-11-20-15(18-13)12(16)4-2/h11-12H,3-10,16H2,1-2H3,(H,17,19). The Morgan fingerprint density at radius 2 is 2.00 bits per heavy atom. The van der Waals surface area contributed by atoms with Crippen LogP contribution in [-0.2, 0) is 0 Å². The number of carbonyl (C=O) groups excluding carboxylic acids is 1. The average molecular weight is 281 g/mol. The Bertz CT molecular complexity index is 390. The zero-order valence-corrected chi connectivity index (χ0v) is 12.7. The molecule has 0 aliphatic carbocycles. The van der Waals surface area contributed by atoms with Gasteiger partial charge in [-0.25, -0.2) is 4.98 Å². The molecule has 1 aromatic rings. The third-order valence-electron chi connectivity index (χ3n) is 3.33. The maximum absolute atomic E-state index is 11.8. The van der Waals surface area contributed by atoms with Gasteiger partial charge in [0.2, 0.25) is 5.89 Å². The fourth-order valence-corrected chi connectivity index (χ4v) is 1.93. The molecule has 0 spiro atoms. The van der Waals surface area contributed by atoms with Crippen LogP contribution in [0.25, 0.3) is 0 Å². The highest BCUT2D eigenvalue weighted by Gasteiger charge is 2.15. The maximum Gasteiger partial charge on any atom is 0.273 e. The van der Waals surface area contributed by atoms with Crippen LogP contribution in [0.1, 0.15) is 81.2 Å². The van der Waals surface area contributed by atoms with E-state index in [1.165, 1.54) is 31.9 Å². The van der Waals surface area contributed by atoms with Crippen molar-refractivity contribution in [2.75, 3.05) is 6.54 Å². The van der Waals surface area contributed by atoms with Crippen molar-refractivity contribution in [3.8, 4) is 0 Å². The molecule has 114 valence electrons. The summed E-state index contributed by atoms with van der Waals surface area (Å²) >= 11 is 0. The van der Waals surface area contributed by atoms with Crippen LogP contribution in [0.5, 0.6) is 0 Å². The highest BCUT2D eigenvalue weighted by atomic mass is 16.3. The predicted octanol–water partition coefficient (Wildman–Crippen LogP) is 3.17. The number of nitrogens with one attached hydrogen (secondary N) is 1. The third-order valence-corrected chi connectivity index (χ3v) is 3.33. The smallest absolute Gasteiger partial charge is 0.273 e. The lowest BCUT2D eigenvalue weighted by molar-refractivity contribution is 0.0948. The van der Waals surface area contributed by atoms with Crippen molar-refractivity contribution in [2.24, 2.45) is 5.73 Å². The molecule has 5 nitrogen and oxygen atoms in total. The summed E-state index contributed by atoms with van der Waals surface area (Å²) in [4.78, 5) is 15.9. The minimum atomic E-state index is -0.241. The van der Waals surface area contributed by atoms with E-state index in [1.807, 2.05) is 6.92 Å². The maximum atomic E-state index is 11.8. The lowest BCUT2D eigenvalue weighted by Crippen LogP contribution is -2.25. The van der Waals surface area contributed by atoms with Crippen molar-refractivity contribution in [3.05, 3.63) is 17.8 Å². The van der Waals surface area contributed by atoms with E-state index < -0.39 is 0 Å². The van der Waals surface area contributed by atoms with Crippen LogP contribution in [-0.4, -0.2) is 17.4 Å². The molecule has 20 heavy (non-hydrogen) atoms. The second-order valence-electron chi connectivity index (χ2n) is 5.11. The molecule has 0 saturated carbocycles. The molecule has 1 aromatic heterocycles. The van der Waals surface area contributed by atoms with E-state index in [0.717, 1.165) is 19.3 Å². The Kier molecular flexibility index (Phi) is 7.95. The molecule has 1 amide bonds. The largest absolute Gasteiger partial charge is 0.446 e. The molecule has 0 aliphatic heterocycles. The molecule has 1 rings (SSSR count). The summed E-state index contributed by atoms with van der Waals surface area (Å²) in [6, 6.07) is -0.241. The lowest BCUT2D eigenvalue weighted by atomic mass is 10.1. The van der Waals surface area contributed by atoms with E-state index in [0.29, 0.717) is 18.1 Å². The Morgan fingerprint density at radius 1 is 1.30 bits per heavy atom. The summed E-state index contributed by atoms with van der Waals surface area (Å²) in [5.41, 5.74) is 6.11. The number of amides is 1. The fraction of sp³-hybridized carbons (Fsp3) is 0.733. The first kappa shape index (κ1) is 16.7. The van der Waals surface area contributed by atoms with Gasteiger partial charge in [0.1, 0.15) is 6.26 Å². The number of aromatic nitrogens is 1. The van der Waals surface area contributed by atoms with Crippen LogP contribution in [0, 0.1) is 0 Å². The number of hydrogen-bond acceptors (Lipinski definition) is 4. The third kappa shape index (κ3) is 5.74. The number of carbonyl (C=O) groups is 1. The second kappa shape index (κ2) is 9.53. The van der Waals surface area contributed by atoms with Gasteiger partial charge in [-0.3, -0.25) is 4.79 Å². The Balaban J connectivity index is 2.21.